The van der Waals surface area contributed by atoms with Gasteiger partial charge in [0.2, 0.25) is 0 Å². The van der Waals surface area contributed by atoms with E-state index in [0.29, 0.717) is 0 Å². The lowest BCUT2D eigenvalue weighted by Gasteiger charge is -2.03. The number of aryl methyl sites for hydroxylation is 2. The number of hydrogen-bond acceptors (Lipinski definition) is 0. The Balaban J connectivity index is 1.54. The molecule has 2 aromatic carbocycles. The predicted octanol–water partition coefficient (Wildman–Crippen LogP) is 7.96. The molecule has 0 N–H and O–H groups in total. The molecule has 1 heteroatoms. The van der Waals surface area contributed by atoms with Crippen LogP contribution >= 0.6 is 0 Å². The average molecular weight is 590 g/mol. The van der Waals surface area contributed by atoms with Crippen LogP contribution in [-0.2, 0) is 12.8 Å². The van der Waals surface area contributed by atoms with Gasteiger partial charge in [0.25, 0.3) is 0 Å². The molecule has 0 heterocycles. The summed E-state index contributed by atoms with van der Waals surface area (Å²) in [5.41, 5.74) is 3.05. The average Bonchev–Trinajstić information content (AvgIpc) is 2.88. The molecule has 0 amide bonds. The summed E-state index contributed by atoms with van der Waals surface area (Å²) in [6.45, 7) is 4.59. The highest BCUT2D eigenvalue weighted by Crippen LogP contribution is 2.13. The van der Waals surface area contributed by atoms with Gasteiger partial charge in [0.1, 0.15) is 0 Å². The van der Waals surface area contributed by atoms with Crippen molar-refractivity contribution in [3.05, 3.63) is 66.8 Å². The molecule has 35 heavy (non-hydrogen) atoms. The highest BCUT2D eigenvalue weighted by atomic mass is 127. The van der Waals surface area contributed by atoms with Gasteiger partial charge in [-0.05, 0) is 61.1 Å². The summed E-state index contributed by atoms with van der Waals surface area (Å²) >= 11 is -0.0548. The van der Waals surface area contributed by atoms with Crippen LogP contribution in [0.2, 0.25) is 0 Å². The molecule has 0 aliphatic heterocycles. The molecular weight excluding hydrogens is 535 g/mol. The first-order valence-corrected chi connectivity index (χ1v) is 17.3. The number of benzene rings is 2. The zero-order valence-electron chi connectivity index (χ0n) is 23.1. The second kappa shape index (κ2) is 21.3. The van der Waals surface area contributed by atoms with E-state index >= 15 is 0 Å². The third-order valence-electron chi connectivity index (χ3n) is 7.18. The quantitative estimate of drug-likeness (QED) is 0.0966. The van der Waals surface area contributed by atoms with Crippen molar-refractivity contribution in [1.29, 1.82) is 0 Å². The molecule has 0 nitrogen and oxygen atoms in total. The lowest BCUT2D eigenvalue weighted by molar-refractivity contribution is -0.597. The maximum Gasteiger partial charge on any atom is 0.357 e. The molecule has 2 aromatic rings. The maximum absolute atomic E-state index is 2.40. The fourth-order valence-electron chi connectivity index (χ4n) is 4.83. The Morgan fingerprint density at radius 1 is 0.371 bits per heavy atom. The fourth-order valence-corrected chi connectivity index (χ4v) is 6.99. The van der Waals surface area contributed by atoms with Crippen molar-refractivity contribution in [2.75, 3.05) is 0 Å². The zero-order valence-corrected chi connectivity index (χ0v) is 25.3. The fraction of sp³-hybridized carbons (Fsp3) is 0.647. The summed E-state index contributed by atoms with van der Waals surface area (Å²) in [5.74, 6) is 0. The first-order valence-electron chi connectivity index (χ1n) is 15.1. The molecule has 0 saturated carbocycles. The van der Waals surface area contributed by atoms with Crippen LogP contribution in [0.25, 0.3) is 0 Å². The summed E-state index contributed by atoms with van der Waals surface area (Å²) in [6.07, 6.45) is 27.9. The minimum Gasteiger partial charge on any atom is -0.0654 e. The summed E-state index contributed by atoms with van der Waals surface area (Å²) in [4.78, 5) is 0. The molecule has 196 valence electrons. The van der Waals surface area contributed by atoms with Crippen LogP contribution < -0.4 is 21.2 Å². The first kappa shape index (κ1) is 30.4. The van der Waals surface area contributed by atoms with Crippen molar-refractivity contribution < 1.29 is 21.2 Å². The summed E-state index contributed by atoms with van der Waals surface area (Å²) in [6, 6.07) is 19.1. The number of rotatable bonds is 22. The van der Waals surface area contributed by atoms with Crippen LogP contribution in [0.4, 0.5) is 0 Å². The first-order chi connectivity index (χ1) is 17.3. The Hall–Kier alpha value is -0.830. The van der Waals surface area contributed by atoms with Crippen LogP contribution in [0, 0.1) is 7.14 Å². The van der Waals surface area contributed by atoms with Gasteiger partial charge in [0, 0.05) is 0 Å². The molecule has 0 radical (unpaired) electrons. The lowest BCUT2D eigenvalue weighted by atomic mass is 10.0. The third kappa shape index (κ3) is 15.8. The molecular formula is C34H54I+. The Labute approximate surface area is 229 Å². The van der Waals surface area contributed by atoms with Crippen molar-refractivity contribution in [3.8, 4) is 0 Å². The van der Waals surface area contributed by atoms with E-state index < -0.39 is 0 Å². The van der Waals surface area contributed by atoms with Gasteiger partial charge in [-0.1, -0.05) is 141 Å². The lowest BCUT2D eigenvalue weighted by Crippen LogP contribution is -3.61. The second-order valence-electron chi connectivity index (χ2n) is 10.5. The van der Waals surface area contributed by atoms with E-state index in [1.54, 1.807) is 7.14 Å². The SMILES string of the molecule is CCCCCCCCCCCc1ccc([I+]c2ccc(CCCCCCCCCCC)cc2)cc1. The predicted molar refractivity (Wildman–Crippen MR) is 152 cm³/mol. The van der Waals surface area contributed by atoms with E-state index in [1.165, 1.54) is 140 Å². The third-order valence-corrected chi connectivity index (χ3v) is 9.87. The van der Waals surface area contributed by atoms with Gasteiger partial charge in [-0.3, -0.25) is 0 Å². The van der Waals surface area contributed by atoms with Crippen molar-refractivity contribution in [3.63, 3.8) is 0 Å². The molecule has 0 spiro atoms. The van der Waals surface area contributed by atoms with Gasteiger partial charge >= 0.3 is 21.2 Å². The van der Waals surface area contributed by atoms with Crippen LogP contribution in [0.3, 0.4) is 0 Å². The molecule has 0 aliphatic rings. The largest absolute Gasteiger partial charge is 0.357 e. The van der Waals surface area contributed by atoms with Gasteiger partial charge in [-0.15, -0.1) is 0 Å². The summed E-state index contributed by atoms with van der Waals surface area (Å²) < 4.78 is 3.10. The van der Waals surface area contributed by atoms with Crippen LogP contribution in [0.5, 0.6) is 0 Å². The van der Waals surface area contributed by atoms with Gasteiger partial charge in [-0.25, -0.2) is 0 Å². The number of halogens is 1. The number of unbranched alkanes of at least 4 members (excludes halogenated alkanes) is 16. The van der Waals surface area contributed by atoms with Crippen molar-refractivity contribution >= 4 is 0 Å². The van der Waals surface area contributed by atoms with Gasteiger partial charge in [-0.2, -0.15) is 0 Å². The second-order valence-corrected chi connectivity index (χ2v) is 13.5. The minimum absolute atomic E-state index is 0.0548. The Morgan fingerprint density at radius 3 is 0.971 bits per heavy atom. The molecule has 0 aromatic heterocycles. The zero-order chi connectivity index (χ0) is 24.8. The van der Waals surface area contributed by atoms with Gasteiger partial charge < -0.3 is 0 Å². The van der Waals surface area contributed by atoms with E-state index in [1.807, 2.05) is 0 Å². The minimum atomic E-state index is -0.0548. The van der Waals surface area contributed by atoms with E-state index in [-0.39, 0.29) is 21.2 Å². The Bertz CT molecular complexity index is 652. The molecule has 0 bridgehead atoms. The molecule has 0 unspecified atom stereocenters. The van der Waals surface area contributed by atoms with Crippen molar-refractivity contribution in [2.45, 2.75) is 142 Å². The smallest absolute Gasteiger partial charge is 0.0654 e. The van der Waals surface area contributed by atoms with E-state index in [0.717, 1.165) is 0 Å². The monoisotopic (exact) mass is 589 g/mol. The molecule has 0 saturated heterocycles. The van der Waals surface area contributed by atoms with Crippen molar-refractivity contribution in [2.24, 2.45) is 0 Å². The summed E-state index contributed by atoms with van der Waals surface area (Å²) in [5, 5.41) is 0. The van der Waals surface area contributed by atoms with E-state index in [2.05, 4.69) is 62.4 Å². The molecule has 2 rings (SSSR count). The van der Waals surface area contributed by atoms with E-state index in [9.17, 15) is 0 Å². The van der Waals surface area contributed by atoms with Crippen LogP contribution in [-0.4, -0.2) is 0 Å². The molecule has 0 atom stereocenters. The standard InChI is InChI=1S/C34H54I/c1-3-5-7-9-11-13-15-17-19-21-31-23-27-33(28-24-31)35-34-29-25-32(26-30-34)22-20-18-16-14-12-10-8-6-4-2/h23-30H,3-22H2,1-2H3/q+1. The van der Waals surface area contributed by atoms with Gasteiger partial charge in [0.15, 0.2) is 7.14 Å². The van der Waals surface area contributed by atoms with E-state index in [4.69, 9.17) is 0 Å². The van der Waals surface area contributed by atoms with Crippen LogP contribution in [0.15, 0.2) is 48.5 Å². The Kier molecular flexibility index (Phi) is 18.5. The summed E-state index contributed by atoms with van der Waals surface area (Å²) in [7, 11) is 0. The van der Waals surface area contributed by atoms with Crippen LogP contribution in [0.1, 0.15) is 141 Å². The normalized spacial score (nSPS) is 11.3. The highest BCUT2D eigenvalue weighted by Gasteiger charge is 2.15. The highest BCUT2D eigenvalue weighted by molar-refractivity contribution is 5.16. The Morgan fingerprint density at radius 2 is 0.657 bits per heavy atom. The van der Waals surface area contributed by atoms with Crippen molar-refractivity contribution in [1.82, 2.24) is 0 Å². The molecule has 0 fully saturated rings. The number of hydrogen-bond donors (Lipinski definition) is 0. The topological polar surface area (TPSA) is 0 Å². The molecule has 0 aliphatic carbocycles. The maximum atomic E-state index is 2.40. The van der Waals surface area contributed by atoms with Gasteiger partial charge in [0.05, 0.1) is 0 Å².